The van der Waals surface area contributed by atoms with Crippen LogP contribution in [0, 0.1) is 5.92 Å². The average Bonchev–Trinajstić information content (AvgIpc) is 2.85. The number of carbonyl (C=O) groups excluding carboxylic acids is 2. The summed E-state index contributed by atoms with van der Waals surface area (Å²) in [5.74, 6) is 0.534. The van der Waals surface area contributed by atoms with Gasteiger partial charge in [-0.2, -0.15) is 0 Å². The lowest BCUT2D eigenvalue weighted by molar-refractivity contribution is -0.164. The monoisotopic (exact) mass is 266 g/mol. The SMILES string of the molecule is CCC(CC)N1C(=O)C2CCCN2C(=O)C1C(C)C. The molecule has 0 aromatic heterocycles. The Labute approximate surface area is 116 Å². The number of nitrogens with zero attached hydrogens (tertiary/aromatic N) is 2. The zero-order valence-corrected chi connectivity index (χ0v) is 12.6. The van der Waals surface area contributed by atoms with Crippen molar-refractivity contribution >= 4 is 11.8 Å². The molecule has 108 valence electrons. The molecule has 19 heavy (non-hydrogen) atoms. The lowest BCUT2D eigenvalue weighted by Crippen LogP contribution is -2.66. The molecule has 2 heterocycles. The van der Waals surface area contributed by atoms with Gasteiger partial charge in [0.2, 0.25) is 11.8 Å². The fraction of sp³-hybridized carbons (Fsp3) is 0.867. The molecule has 4 heteroatoms. The van der Waals surface area contributed by atoms with E-state index in [9.17, 15) is 9.59 Å². The van der Waals surface area contributed by atoms with Crippen molar-refractivity contribution in [3.63, 3.8) is 0 Å². The van der Waals surface area contributed by atoms with E-state index < -0.39 is 0 Å². The number of piperazine rings is 1. The first-order valence-electron chi connectivity index (χ1n) is 7.65. The highest BCUT2D eigenvalue weighted by atomic mass is 16.2. The van der Waals surface area contributed by atoms with Crippen LogP contribution >= 0.6 is 0 Å². The van der Waals surface area contributed by atoms with Gasteiger partial charge in [-0.1, -0.05) is 27.7 Å². The molecule has 2 fully saturated rings. The van der Waals surface area contributed by atoms with Gasteiger partial charge < -0.3 is 9.80 Å². The van der Waals surface area contributed by atoms with E-state index in [1.807, 2.05) is 23.6 Å². The minimum absolute atomic E-state index is 0.170. The summed E-state index contributed by atoms with van der Waals surface area (Å²) < 4.78 is 0. The number of fused-ring (bicyclic) bond motifs is 1. The quantitative estimate of drug-likeness (QED) is 0.781. The Morgan fingerprint density at radius 1 is 1.16 bits per heavy atom. The maximum absolute atomic E-state index is 12.8. The molecule has 2 atom stereocenters. The van der Waals surface area contributed by atoms with Crippen LogP contribution in [-0.4, -0.2) is 46.3 Å². The zero-order chi connectivity index (χ0) is 14.2. The molecule has 2 amide bonds. The molecule has 0 aromatic rings. The first-order valence-corrected chi connectivity index (χ1v) is 7.65. The van der Waals surface area contributed by atoms with Gasteiger partial charge in [-0.05, 0) is 31.6 Å². The molecule has 0 radical (unpaired) electrons. The Morgan fingerprint density at radius 2 is 1.79 bits per heavy atom. The smallest absolute Gasteiger partial charge is 0.246 e. The van der Waals surface area contributed by atoms with Gasteiger partial charge in [0, 0.05) is 12.6 Å². The molecule has 2 saturated heterocycles. The molecule has 2 unspecified atom stereocenters. The number of amides is 2. The lowest BCUT2D eigenvalue weighted by Gasteiger charge is -2.47. The molecule has 2 aliphatic rings. The standard InChI is InChI=1S/C15H26N2O2/c1-5-11(6-2)17-13(10(3)4)15(19)16-9-7-8-12(16)14(17)18/h10-13H,5-9H2,1-4H3. The molecule has 0 N–H and O–H groups in total. The van der Waals surface area contributed by atoms with Crippen molar-refractivity contribution in [2.24, 2.45) is 5.92 Å². The zero-order valence-electron chi connectivity index (χ0n) is 12.6. The first kappa shape index (κ1) is 14.4. The van der Waals surface area contributed by atoms with Gasteiger partial charge in [-0.15, -0.1) is 0 Å². The summed E-state index contributed by atoms with van der Waals surface area (Å²) >= 11 is 0. The van der Waals surface area contributed by atoms with Gasteiger partial charge in [-0.3, -0.25) is 9.59 Å². The maximum Gasteiger partial charge on any atom is 0.246 e. The fourth-order valence-electron chi connectivity index (χ4n) is 3.58. The molecule has 0 aliphatic carbocycles. The molecule has 0 saturated carbocycles. The molecular formula is C15H26N2O2. The number of hydrogen-bond acceptors (Lipinski definition) is 2. The Bertz CT molecular complexity index is 363. The number of carbonyl (C=O) groups is 2. The molecule has 0 spiro atoms. The molecule has 0 aromatic carbocycles. The average molecular weight is 266 g/mol. The predicted octanol–water partition coefficient (Wildman–Crippen LogP) is 2.03. The second kappa shape index (κ2) is 5.51. The molecule has 2 aliphatic heterocycles. The van der Waals surface area contributed by atoms with Crippen LogP contribution in [0.2, 0.25) is 0 Å². The van der Waals surface area contributed by atoms with Gasteiger partial charge in [0.05, 0.1) is 0 Å². The minimum Gasteiger partial charge on any atom is -0.329 e. The Kier molecular flexibility index (Phi) is 4.16. The van der Waals surface area contributed by atoms with Crippen LogP contribution in [0.4, 0.5) is 0 Å². The van der Waals surface area contributed by atoms with Crippen LogP contribution in [0.15, 0.2) is 0 Å². The van der Waals surface area contributed by atoms with Gasteiger partial charge in [0.15, 0.2) is 0 Å². The van der Waals surface area contributed by atoms with E-state index in [1.165, 1.54) is 0 Å². The highest BCUT2D eigenvalue weighted by Gasteiger charge is 2.50. The van der Waals surface area contributed by atoms with Crippen LogP contribution in [0.25, 0.3) is 0 Å². The molecular weight excluding hydrogens is 240 g/mol. The van der Waals surface area contributed by atoms with E-state index in [1.54, 1.807) is 0 Å². The second-order valence-corrected chi connectivity index (χ2v) is 6.09. The van der Waals surface area contributed by atoms with Crippen molar-refractivity contribution in [3.05, 3.63) is 0 Å². The van der Waals surface area contributed by atoms with Crippen molar-refractivity contribution in [2.75, 3.05) is 6.54 Å². The fourth-order valence-corrected chi connectivity index (χ4v) is 3.58. The van der Waals surface area contributed by atoms with Crippen molar-refractivity contribution < 1.29 is 9.59 Å². The Balaban J connectivity index is 2.36. The lowest BCUT2D eigenvalue weighted by atomic mass is 9.92. The first-order chi connectivity index (χ1) is 9.02. The Hall–Kier alpha value is -1.06. The van der Waals surface area contributed by atoms with Crippen LogP contribution in [0.3, 0.4) is 0 Å². The number of hydrogen-bond donors (Lipinski definition) is 0. The maximum atomic E-state index is 12.8. The van der Waals surface area contributed by atoms with Crippen LogP contribution in [0.1, 0.15) is 53.4 Å². The topological polar surface area (TPSA) is 40.6 Å². The highest BCUT2D eigenvalue weighted by molar-refractivity contribution is 5.97. The third-order valence-corrected chi connectivity index (χ3v) is 4.60. The molecule has 4 nitrogen and oxygen atoms in total. The molecule has 0 bridgehead atoms. The summed E-state index contributed by atoms with van der Waals surface area (Å²) in [5, 5.41) is 0. The summed E-state index contributed by atoms with van der Waals surface area (Å²) in [7, 11) is 0. The van der Waals surface area contributed by atoms with E-state index in [0.29, 0.717) is 0 Å². The van der Waals surface area contributed by atoms with Gasteiger partial charge in [0.1, 0.15) is 12.1 Å². The van der Waals surface area contributed by atoms with Gasteiger partial charge in [-0.25, -0.2) is 0 Å². The summed E-state index contributed by atoms with van der Waals surface area (Å²) in [6, 6.07) is -0.235. The minimum atomic E-state index is -0.258. The van der Waals surface area contributed by atoms with Crippen molar-refractivity contribution in [3.8, 4) is 0 Å². The van der Waals surface area contributed by atoms with E-state index >= 15 is 0 Å². The van der Waals surface area contributed by atoms with E-state index in [-0.39, 0.29) is 35.9 Å². The highest BCUT2D eigenvalue weighted by Crippen LogP contribution is 2.32. The van der Waals surface area contributed by atoms with Crippen LogP contribution in [-0.2, 0) is 9.59 Å². The number of rotatable bonds is 4. The van der Waals surface area contributed by atoms with E-state index in [4.69, 9.17) is 0 Å². The van der Waals surface area contributed by atoms with E-state index in [2.05, 4.69) is 13.8 Å². The summed E-state index contributed by atoms with van der Waals surface area (Å²) in [5.41, 5.74) is 0. The summed E-state index contributed by atoms with van der Waals surface area (Å²) in [6.07, 6.45) is 3.65. The van der Waals surface area contributed by atoms with Crippen LogP contribution < -0.4 is 0 Å². The van der Waals surface area contributed by atoms with Crippen LogP contribution in [0.5, 0.6) is 0 Å². The largest absolute Gasteiger partial charge is 0.329 e. The van der Waals surface area contributed by atoms with Gasteiger partial charge >= 0.3 is 0 Å². The third kappa shape index (κ3) is 2.26. The normalized spacial score (nSPS) is 27.7. The predicted molar refractivity (Wildman–Crippen MR) is 74.6 cm³/mol. The Morgan fingerprint density at radius 3 is 2.32 bits per heavy atom. The van der Waals surface area contributed by atoms with Gasteiger partial charge in [0.25, 0.3) is 0 Å². The second-order valence-electron chi connectivity index (χ2n) is 6.09. The van der Waals surface area contributed by atoms with E-state index in [0.717, 1.165) is 32.2 Å². The van der Waals surface area contributed by atoms with Crippen molar-refractivity contribution in [1.29, 1.82) is 0 Å². The molecule has 2 rings (SSSR count). The summed E-state index contributed by atoms with van der Waals surface area (Å²) in [4.78, 5) is 29.2. The third-order valence-electron chi connectivity index (χ3n) is 4.60. The summed E-state index contributed by atoms with van der Waals surface area (Å²) in [6.45, 7) is 9.05. The van der Waals surface area contributed by atoms with Crippen molar-refractivity contribution in [1.82, 2.24) is 9.80 Å². The van der Waals surface area contributed by atoms with Crippen molar-refractivity contribution in [2.45, 2.75) is 71.5 Å².